The predicted molar refractivity (Wildman–Crippen MR) is 603 cm³/mol. The zero-order chi connectivity index (χ0) is 93.4. The zero-order valence-electron chi connectivity index (χ0n) is 79.7. The van der Waals surface area contributed by atoms with Gasteiger partial charge in [0.1, 0.15) is 0 Å². The molecule has 3 heterocycles. The summed E-state index contributed by atoms with van der Waals surface area (Å²) in [5.41, 5.74) is 34.6. The van der Waals surface area contributed by atoms with Crippen molar-refractivity contribution in [3.63, 3.8) is 0 Å². The first-order valence-electron chi connectivity index (χ1n) is 48.3. The highest BCUT2D eigenvalue weighted by Gasteiger charge is 2.35. The Morgan fingerprint density at radius 2 is 0.486 bits per heavy atom. The van der Waals surface area contributed by atoms with Crippen molar-refractivity contribution in [3.8, 4) is 33.4 Å². The van der Waals surface area contributed by atoms with Crippen LogP contribution in [0.25, 0.3) is 159 Å². The summed E-state index contributed by atoms with van der Waals surface area (Å²) >= 11 is 5.67. The van der Waals surface area contributed by atoms with Gasteiger partial charge in [-0.05, 0) is 289 Å². The van der Waals surface area contributed by atoms with E-state index in [0.29, 0.717) is 0 Å². The first kappa shape index (κ1) is 84.5. The van der Waals surface area contributed by atoms with Gasteiger partial charge >= 0.3 is 0 Å². The van der Waals surface area contributed by atoms with Crippen molar-refractivity contribution in [3.05, 3.63) is 444 Å². The predicted octanol–water partition coefficient (Wildman–Crippen LogP) is 39.5. The molecule has 1 aliphatic carbocycles. The quantitative estimate of drug-likeness (QED) is 0.101. The van der Waals surface area contributed by atoms with E-state index in [9.17, 15) is 0 Å². The molecule has 0 saturated carbocycles. The number of aryl methyl sites for hydroxylation is 4. The Labute approximate surface area is 818 Å². The molecule has 0 atom stereocenters. The lowest BCUT2D eigenvalue weighted by atomic mass is 9.77. The number of hydrogen-bond donors (Lipinski definition) is 0. The Morgan fingerprint density at radius 3 is 0.848 bits per heavy atom. The van der Waals surface area contributed by atoms with Crippen molar-refractivity contribution < 1.29 is 0 Å². The molecule has 26 rings (SSSR count). The largest absolute Gasteiger partial charge is 0.310 e. The molecule has 0 radical (unpaired) electrons. The van der Waals surface area contributed by atoms with Crippen LogP contribution in [0, 0.1) is 41.5 Å². The van der Waals surface area contributed by atoms with Gasteiger partial charge in [0.05, 0.1) is 59.6 Å². The molecule has 0 bridgehead atoms. The fraction of sp³-hybridized carbons (Fsp3) is 0.115. The van der Waals surface area contributed by atoms with Crippen LogP contribution >= 0.6 is 34.0 Å². The van der Waals surface area contributed by atoms with Crippen molar-refractivity contribution in [2.24, 2.45) is 0 Å². The van der Waals surface area contributed by atoms with Gasteiger partial charge in [0.25, 0.3) is 0 Å². The molecule has 0 amide bonds. The van der Waals surface area contributed by atoms with Gasteiger partial charge in [-0.25, -0.2) is 0 Å². The molecular formula is C131H102N4S3. The minimum absolute atomic E-state index is 0.147. The van der Waals surface area contributed by atoms with Crippen LogP contribution in [-0.2, 0) is 17.3 Å². The fourth-order valence-corrected chi connectivity index (χ4v) is 26.4. The summed E-state index contributed by atoms with van der Waals surface area (Å²) in [6, 6.07) is 146. The topological polar surface area (TPSA) is 13.0 Å². The summed E-state index contributed by atoms with van der Waals surface area (Å²) in [4.78, 5) is 10.2. The third-order valence-electron chi connectivity index (χ3n) is 29.8. The van der Waals surface area contributed by atoms with E-state index in [-0.39, 0.29) is 10.8 Å². The monoisotopic (exact) mass is 1830 g/mol. The summed E-state index contributed by atoms with van der Waals surface area (Å²) in [6.07, 6.45) is 0.879. The molecule has 4 nitrogen and oxygen atoms in total. The SMILES string of the molecule is CC(C)(C)c1cc(N(c2ccccc2)c2cccc3c2sc2ccccc23)c2ccc3c(C(C)(C)C)cc(N(c4ccccc4)c4cccc5c4sc4ccccc45)c4ccc1c2c43.Cc1cc(-c2cc(N(c3ccccc3)c3cccc4c3Cc3ccccc3-4)c3ccc4c(-c5cc(C)c(C)c(C)c5)cc(N(c5ccccc5)c5cccc6c5sc5ccccc56)c5ccc2c3c45)cc(C)c1C. The van der Waals surface area contributed by atoms with Crippen LogP contribution < -0.4 is 19.6 Å². The standard InChI is InChI=1S/C71H54N2S.C60H48N2S2/c1-42-35-49(36-43(2)46(42)5)61-40-66(72(51-20-9-7-10-21-51)64-28-17-26-54-53-24-14-13-19-48(53)39-63(54)64)59-33-31-57-62(50-37-44(3)47(6)45(4)38-50)41-67(60-34-32-56(61)69(59)70(57)60)73(52-22-11-8-12-23-52)65-29-18-27-58-55-25-15-16-30-68(55)74-71(58)65;1-59(2,3)47-35-51(61(37-19-9-7-10-20-37)49-27-17-25-41-39-23-13-15-29-53(39)63-57(41)49)45-34-32-44-48(60(4,5)6)36-52(46-33-31-43(47)55(45)56(44)46)62(38-21-11-8-12-22-38)50-28-18-26-42-40-24-14-16-30-54(40)64-58(42)50/h7-38,40-41H,39H2,1-6H3;7-36H,1-6H3. The van der Waals surface area contributed by atoms with E-state index in [1.54, 1.807) is 0 Å². The highest BCUT2D eigenvalue weighted by Crippen LogP contribution is 2.59. The first-order valence-corrected chi connectivity index (χ1v) is 50.8. The third-order valence-corrected chi connectivity index (χ3v) is 33.4. The molecule has 25 aromatic rings. The van der Waals surface area contributed by atoms with E-state index in [1.165, 1.54) is 248 Å². The molecule has 1 aliphatic rings. The molecule has 138 heavy (non-hydrogen) atoms. The van der Waals surface area contributed by atoms with Gasteiger partial charge in [0.2, 0.25) is 0 Å². The number of thiophene rings is 3. The Bertz CT molecular complexity index is 8930. The van der Waals surface area contributed by atoms with E-state index < -0.39 is 0 Å². The number of rotatable bonds is 14. The average molecular weight is 1830 g/mol. The molecule has 0 fully saturated rings. The Kier molecular flexibility index (Phi) is 20.1. The van der Waals surface area contributed by atoms with Crippen molar-refractivity contribution in [2.45, 2.75) is 100 Å². The molecule has 7 heteroatoms. The summed E-state index contributed by atoms with van der Waals surface area (Å²) in [5, 5.41) is 23.0. The van der Waals surface area contributed by atoms with Crippen molar-refractivity contribution in [2.75, 3.05) is 19.6 Å². The van der Waals surface area contributed by atoms with Crippen LogP contribution in [0.3, 0.4) is 0 Å². The maximum absolute atomic E-state index is 2.57. The van der Waals surface area contributed by atoms with Crippen molar-refractivity contribution in [1.29, 1.82) is 0 Å². The molecule has 0 unspecified atom stereocenters. The van der Waals surface area contributed by atoms with Crippen molar-refractivity contribution >= 4 is 227 Å². The van der Waals surface area contributed by atoms with E-state index >= 15 is 0 Å². The van der Waals surface area contributed by atoms with Crippen LogP contribution in [0.5, 0.6) is 0 Å². The lowest BCUT2D eigenvalue weighted by molar-refractivity contribution is 0.595. The van der Waals surface area contributed by atoms with Crippen LogP contribution in [0.2, 0.25) is 0 Å². The second-order valence-electron chi connectivity index (χ2n) is 40.0. The van der Waals surface area contributed by atoms with E-state index in [2.05, 4.69) is 491 Å². The molecule has 0 saturated heterocycles. The summed E-state index contributed by atoms with van der Waals surface area (Å²) in [5.74, 6) is 0. The second kappa shape index (κ2) is 32.8. The van der Waals surface area contributed by atoms with Crippen LogP contribution in [0.15, 0.2) is 388 Å². The molecule has 3 aromatic heterocycles. The number of nitrogens with zero attached hydrogens (tertiary/aromatic N) is 4. The molecule has 664 valence electrons. The number of hydrogen-bond acceptors (Lipinski definition) is 7. The smallest absolute Gasteiger partial charge is 0.0640 e. The Morgan fingerprint density at radius 1 is 0.210 bits per heavy atom. The number of fused-ring (bicyclic) bond motifs is 12. The lowest BCUT2D eigenvalue weighted by Gasteiger charge is -2.34. The van der Waals surface area contributed by atoms with Crippen LogP contribution in [0.4, 0.5) is 68.2 Å². The fourth-order valence-electron chi connectivity index (χ4n) is 22.8. The first-order chi connectivity index (χ1) is 67.2. The number of para-hydroxylation sites is 4. The highest BCUT2D eigenvalue weighted by atomic mass is 32.1. The normalized spacial score (nSPS) is 12.3. The van der Waals surface area contributed by atoms with Gasteiger partial charge in [0.15, 0.2) is 0 Å². The van der Waals surface area contributed by atoms with Gasteiger partial charge in [0, 0.05) is 108 Å². The maximum atomic E-state index is 2.57. The van der Waals surface area contributed by atoms with Gasteiger partial charge < -0.3 is 19.6 Å². The zero-order valence-corrected chi connectivity index (χ0v) is 82.1. The molecule has 0 spiro atoms. The molecule has 0 aliphatic heterocycles. The summed E-state index contributed by atoms with van der Waals surface area (Å²) < 4.78 is 7.77. The van der Waals surface area contributed by atoms with Crippen molar-refractivity contribution in [1.82, 2.24) is 0 Å². The maximum Gasteiger partial charge on any atom is 0.0640 e. The number of anilines is 12. The molecule has 22 aromatic carbocycles. The molecular weight excluding hydrogens is 1730 g/mol. The van der Waals surface area contributed by atoms with Crippen LogP contribution in [-0.4, -0.2) is 0 Å². The van der Waals surface area contributed by atoms with Gasteiger partial charge in [-0.2, -0.15) is 0 Å². The van der Waals surface area contributed by atoms with E-state index in [4.69, 9.17) is 0 Å². The molecule has 0 N–H and O–H groups in total. The van der Waals surface area contributed by atoms with E-state index in [1.807, 2.05) is 34.0 Å². The summed E-state index contributed by atoms with van der Waals surface area (Å²) in [7, 11) is 0. The Hall–Kier alpha value is -15.2. The lowest BCUT2D eigenvalue weighted by Crippen LogP contribution is -2.17. The van der Waals surface area contributed by atoms with E-state index in [0.717, 1.165) is 40.5 Å². The van der Waals surface area contributed by atoms with Gasteiger partial charge in [-0.3, -0.25) is 0 Å². The van der Waals surface area contributed by atoms with Crippen LogP contribution in [0.1, 0.15) is 97.2 Å². The number of benzene rings is 22. The third kappa shape index (κ3) is 13.6. The Balaban J connectivity index is 0.000000148. The average Bonchev–Trinajstić information content (AvgIpc) is 1.12. The van der Waals surface area contributed by atoms with Gasteiger partial charge in [-0.15, -0.1) is 34.0 Å². The second-order valence-corrected chi connectivity index (χ2v) is 43.1. The minimum atomic E-state index is -0.147. The summed E-state index contributed by atoms with van der Waals surface area (Å²) in [6.45, 7) is 27.8. The highest BCUT2D eigenvalue weighted by molar-refractivity contribution is 7.27. The minimum Gasteiger partial charge on any atom is -0.310 e. The van der Waals surface area contributed by atoms with Gasteiger partial charge in [-0.1, -0.05) is 315 Å².